The molecule has 1 aliphatic heterocycles. The maximum atomic E-state index is 11.9. The number of hydrogen-bond donors (Lipinski definition) is 0. The Morgan fingerprint density at radius 3 is 2.82 bits per heavy atom. The molecular formula is C11H16BN3O2. The molecule has 17 heavy (non-hydrogen) atoms. The molecule has 90 valence electrons. The molecule has 0 aromatic carbocycles. The number of hydrogen-bond acceptors (Lipinski definition) is 3. The summed E-state index contributed by atoms with van der Waals surface area (Å²) in [7, 11) is 5.75. The summed E-state index contributed by atoms with van der Waals surface area (Å²) in [5, 5.41) is 0. The van der Waals surface area contributed by atoms with Crippen molar-refractivity contribution in [3.05, 3.63) is 12.0 Å². The smallest absolute Gasteiger partial charge is 0.410 e. The predicted molar refractivity (Wildman–Crippen MR) is 64.3 cm³/mol. The van der Waals surface area contributed by atoms with Crippen LogP contribution >= 0.6 is 0 Å². The van der Waals surface area contributed by atoms with Gasteiger partial charge >= 0.3 is 6.09 Å². The lowest BCUT2D eigenvalue weighted by Crippen LogP contribution is -2.43. The Morgan fingerprint density at radius 1 is 1.47 bits per heavy atom. The van der Waals surface area contributed by atoms with Crippen LogP contribution in [0.3, 0.4) is 0 Å². The number of ether oxygens (including phenoxy) is 1. The summed E-state index contributed by atoms with van der Waals surface area (Å²) in [4.78, 5) is 17.7. The topological polar surface area (TPSA) is 47.4 Å². The molecule has 1 aromatic heterocycles. The van der Waals surface area contributed by atoms with Crippen molar-refractivity contribution in [1.29, 1.82) is 0 Å². The van der Waals surface area contributed by atoms with Crippen LogP contribution in [0.15, 0.2) is 6.20 Å². The fourth-order valence-corrected chi connectivity index (χ4v) is 1.77. The van der Waals surface area contributed by atoms with Gasteiger partial charge in [0.05, 0.1) is 6.54 Å². The molecule has 0 aliphatic carbocycles. The third kappa shape index (κ3) is 2.62. The summed E-state index contributed by atoms with van der Waals surface area (Å²) in [5.41, 5.74) is 0.173. The average Bonchev–Trinajstić information content (AvgIpc) is 2.57. The highest BCUT2D eigenvalue weighted by atomic mass is 16.6. The minimum atomic E-state index is -0.469. The predicted octanol–water partition coefficient (Wildman–Crippen LogP) is 0.428. The number of imidazole rings is 1. The van der Waals surface area contributed by atoms with E-state index in [2.05, 4.69) is 4.98 Å². The second-order valence-corrected chi connectivity index (χ2v) is 5.15. The van der Waals surface area contributed by atoms with Crippen molar-refractivity contribution in [2.45, 2.75) is 39.5 Å². The lowest BCUT2D eigenvalue weighted by molar-refractivity contribution is 0.0196. The zero-order valence-electron chi connectivity index (χ0n) is 10.4. The van der Waals surface area contributed by atoms with E-state index in [9.17, 15) is 4.79 Å². The minimum absolute atomic E-state index is 0.301. The summed E-state index contributed by atoms with van der Waals surface area (Å²) < 4.78 is 7.24. The number of carbonyl (C=O) groups excluding carboxylic acids is 1. The van der Waals surface area contributed by atoms with E-state index in [0.29, 0.717) is 25.2 Å². The van der Waals surface area contributed by atoms with E-state index in [1.54, 1.807) is 11.1 Å². The van der Waals surface area contributed by atoms with Gasteiger partial charge in [-0.15, -0.1) is 0 Å². The van der Waals surface area contributed by atoms with E-state index in [4.69, 9.17) is 12.6 Å². The molecule has 0 fully saturated rings. The number of amides is 1. The molecule has 2 radical (unpaired) electrons. The van der Waals surface area contributed by atoms with Crippen LogP contribution in [0.1, 0.15) is 26.6 Å². The van der Waals surface area contributed by atoms with Crippen LogP contribution in [0.25, 0.3) is 0 Å². The molecule has 6 heteroatoms. The lowest BCUT2D eigenvalue weighted by atomic mass is 10.1. The largest absolute Gasteiger partial charge is 0.444 e. The van der Waals surface area contributed by atoms with E-state index in [1.165, 1.54) is 0 Å². The van der Waals surface area contributed by atoms with Crippen molar-refractivity contribution in [1.82, 2.24) is 14.5 Å². The summed E-state index contributed by atoms with van der Waals surface area (Å²) >= 11 is 0. The molecular weight excluding hydrogens is 217 g/mol. The Morgan fingerprint density at radius 2 is 2.18 bits per heavy atom. The first-order chi connectivity index (χ1) is 7.87. The van der Waals surface area contributed by atoms with Gasteiger partial charge in [0.2, 0.25) is 0 Å². The van der Waals surface area contributed by atoms with Gasteiger partial charge in [0, 0.05) is 19.3 Å². The molecule has 2 heterocycles. The van der Waals surface area contributed by atoms with E-state index in [-0.39, 0.29) is 6.09 Å². The first-order valence-electron chi connectivity index (χ1n) is 5.64. The Hall–Kier alpha value is -1.46. The zero-order chi connectivity index (χ0) is 12.6. The first-order valence-corrected chi connectivity index (χ1v) is 5.64. The zero-order valence-corrected chi connectivity index (χ0v) is 10.4. The first kappa shape index (κ1) is 12.0. The Bertz CT molecular complexity index is 436. The fraction of sp³-hybridized carbons (Fsp3) is 0.636. The van der Waals surface area contributed by atoms with E-state index >= 15 is 0 Å². The molecule has 5 nitrogen and oxygen atoms in total. The van der Waals surface area contributed by atoms with Gasteiger partial charge in [-0.3, -0.25) is 4.90 Å². The molecule has 0 spiro atoms. The molecule has 0 N–H and O–H groups in total. The number of rotatable bonds is 0. The summed E-state index contributed by atoms with van der Waals surface area (Å²) in [6, 6.07) is 0. The highest BCUT2D eigenvalue weighted by Gasteiger charge is 2.26. The molecule has 0 saturated heterocycles. The molecule has 1 aliphatic rings. The van der Waals surface area contributed by atoms with Gasteiger partial charge in [-0.05, 0) is 26.4 Å². The average molecular weight is 233 g/mol. The molecule has 0 atom stereocenters. The Balaban J connectivity index is 2.05. The summed E-state index contributed by atoms with van der Waals surface area (Å²) in [5.74, 6) is 0.805. The van der Waals surface area contributed by atoms with Gasteiger partial charge in [-0.1, -0.05) is 0 Å². The fourth-order valence-electron chi connectivity index (χ4n) is 1.77. The van der Waals surface area contributed by atoms with Gasteiger partial charge in [0.15, 0.2) is 0 Å². The van der Waals surface area contributed by atoms with Crippen molar-refractivity contribution >= 4 is 19.5 Å². The van der Waals surface area contributed by atoms with Crippen LogP contribution in [0.4, 0.5) is 4.79 Å². The van der Waals surface area contributed by atoms with Crippen molar-refractivity contribution in [2.24, 2.45) is 0 Å². The Kier molecular flexibility index (Phi) is 2.89. The third-order valence-corrected chi connectivity index (χ3v) is 2.55. The highest BCUT2D eigenvalue weighted by Crippen LogP contribution is 2.14. The Labute approximate surface area is 102 Å². The molecule has 0 saturated carbocycles. The van der Waals surface area contributed by atoms with Gasteiger partial charge in [0.1, 0.15) is 19.3 Å². The number of aromatic nitrogens is 2. The van der Waals surface area contributed by atoms with Crippen molar-refractivity contribution < 1.29 is 9.53 Å². The molecule has 1 aromatic rings. The van der Waals surface area contributed by atoms with Crippen molar-refractivity contribution in [3.8, 4) is 0 Å². The standard InChI is InChI=1S/C11H16BN3O2/c1-11(2,3)17-10(16)14-4-5-15-8(12)6-13-9(15)7-14/h6H,4-5,7H2,1-3H3. The quantitative estimate of drug-likeness (QED) is 0.610. The second-order valence-electron chi connectivity index (χ2n) is 5.15. The van der Waals surface area contributed by atoms with Crippen LogP contribution in [0.5, 0.6) is 0 Å². The van der Waals surface area contributed by atoms with Crippen molar-refractivity contribution in [2.75, 3.05) is 6.54 Å². The second kappa shape index (κ2) is 4.09. The highest BCUT2D eigenvalue weighted by molar-refractivity contribution is 6.30. The van der Waals surface area contributed by atoms with Gasteiger partial charge in [-0.2, -0.15) is 0 Å². The van der Waals surface area contributed by atoms with Gasteiger partial charge < -0.3 is 9.30 Å². The maximum Gasteiger partial charge on any atom is 0.410 e. The minimum Gasteiger partial charge on any atom is -0.444 e. The van der Waals surface area contributed by atoms with E-state index < -0.39 is 5.60 Å². The van der Waals surface area contributed by atoms with E-state index in [1.807, 2.05) is 25.3 Å². The van der Waals surface area contributed by atoms with Crippen LogP contribution in [-0.2, 0) is 17.8 Å². The van der Waals surface area contributed by atoms with Crippen LogP contribution in [-0.4, -0.2) is 40.5 Å². The van der Waals surface area contributed by atoms with Gasteiger partial charge in [-0.25, -0.2) is 9.78 Å². The third-order valence-electron chi connectivity index (χ3n) is 2.55. The normalized spacial score (nSPS) is 15.6. The SMILES string of the molecule is [B]c1cnc2n1CCN(C(=O)OC(C)(C)C)C2. The molecule has 1 amide bonds. The number of nitrogens with zero attached hydrogens (tertiary/aromatic N) is 3. The van der Waals surface area contributed by atoms with E-state index in [0.717, 1.165) is 5.82 Å². The summed E-state index contributed by atoms with van der Waals surface area (Å²) in [6.45, 7) is 7.28. The number of carbonyl (C=O) groups is 1. The number of fused-ring (bicyclic) bond motifs is 1. The lowest BCUT2D eigenvalue weighted by Gasteiger charge is -2.30. The molecule has 0 unspecified atom stereocenters. The van der Waals surface area contributed by atoms with Gasteiger partial charge in [0.25, 0.3) is 0 Å². The monoisotopic (exact) mass is 233 g/mol. The van der Waals surface area contributed by atoms with Crippen LogP contribution < -0.4 is 5.59 Å². The molecule has 2 rings (SSSR count). The molecule has 0 bridgehead atoms. The summed E-state index contributed by atoms with van der Waals surface area (Å²) in [6.07, 6.45) is 1.32. The van der Waals surface area contributed by atoms with Crippen LogP contribution in [0, 0.1) is 0 Å². The van der Waals surface area contributed by atoms with Crippen molar-refractivity contribution in [3.63, 3.8) is 0 Å². The maximum absolute atomic E-state index is 11.9. The van der Waals surface area contributed by atoms with Crippen LogP contribution in [0.2, 0.25) is 0 Å².